The predicted octanol–water partition coefficient (Wildman–Crippen LogP) is 6.48. The molecule has 1 saturated carbocycles. The second-order valence-electron chi connectivity index (χ2n) is 11.4. The number of rotatable bonds is 8. The first-order chi connectivity index (χ1) is 17.7. The molecular formula is C29H43N5O3. The summed E-state index contributed by atoms with van der Waals surface area (Å²) in [7, 11) is 0. The van der Waals surface area contributed by atoms with Crippen molar-refractivity contribution >= 4 is 28.9 Å². The molecule has 1 aliphatic carbocycles. The zero-order chi connectivity index (χ0) is 26.4. The highest BCUT2D eigenvalue weighted by Crippen LogP contribution is 2.30. The van der Waals surface area contributed by atoms with Crippen molar-refractivity contribution in [2.75, 3.05) is 36.5 Å². The van der Waals surface area contributed by atoms with Crippen LogP contribution in [0.4, 0.5) is 16.4 Å². The topological polar surface area (TPSA) is 81.0 Å². The third-order valence-corrected chi connectivity index (χ3v) is 7.21. The number of nitrogens with one attached hydrogen (secondary N) is 1. The minimum absolute atomic E-state index is 0.361. The number of carbonyl (C=O) groups excluding carboxylic acids is 1. The summed E-state index contributed by atoms with van der Waals surface area (Å²) >= 11 is 0. The van der Waals surface area contributed by atoms with Crippen LogP contribution in [0.3, 0.4) is 0 Å². The molecule has 8 nitrogen and oxygen atoms in total. The highest BCUT2D eigenvalue weighted by Gasteiger charge is 2.29. The maximum absolute atomic E-state index is 13.5. The fourth-order valence-electron chi connectivity index (χ4n) is 5.18. The third-order valence-electron chi connectivity index (χ3n) is 7.21. The molecule has 2 fully saturated rings. The number of nitrogens with zero attached hydrogens (tertiary/aromatic N) is 4. The summed E-state index contributed by atoms with van der Waals surface area (Å²) in [6.07, 6.45) is 15.1. The zero-order valence-corrected chi connectivity index (χ0v) is 23.0. The molecule has 2 aromatic rings. The van der Waals surface area contributed by atoms with Crippen molar-refractivity contribution in [1.29, 1.82) is 0 Å². The minimum Gasteiger partial charge on any atom is -0.443 e. The monoisotopic (exact) mass is 509 g/mol. The number of aromatic nitrogens is 3. The lowest BCUT2D eigenvalue weighted by molar-refractivity contribution is 0.0570. The number of hydrogen-bond donors (Lipinski definition) is 1. The number of imidazole rings is 1. The van der Waals surface area contributed by atoms with Gasteiger partial charge in [0.2, 0.25) is 0 Å². The van der Waals surface area contributed by atoms with Crippen LogP contribution in [0.25, 0.3) is 11.2 Å². The van der Waals surface area contributed by atoms with E-state index in [1.54, 1.807) is 11.0 Å². The Morgan fingerprint density at radius 1 is 1.22 bits per heavy atom. The molecule has 0 unspecified atom stereocenters. The molecule has 1 saturated heterocycles. The van der Waals surface area contributed by atoms with Gasteiger partial charge in [-0.2, -0.15) is 0 Å². The normalized spacial score (nSPS) is 18.1. The second-order valence-corrected chi connectivity index (χ2v) is 11.4. The van der Waals surface area contributed by atoms with Crippen LogP contribution in [-0.2, 0) is 9.47 Å². The van der Waals surface area contributed by atoms with Gasteiger partial charge in [0.05, 0.1) is 18.1 Å². The molecule has 1 N–H and O–H groups in total. The smallest absolute Gasteiger partial charge is 0.416 e. The van der Waals surface area contributed by atoms with E-state index in [1.807, 2.05) is 50.6 Å². The van der Waals surface area contributed by atoms with Crippen LogP contribution in [0.15, 0.2) is 31.1 Å². The number of carbonyl (C=O) groups is 1. The van der Waals surface area contributed by atoms with Crippen molar-refractivity contribution in [3.63, 3.8) is 0 Å². The molecule has 1 amide bonds. The molecule has 0 spiro atoms. The van der Waals surface area contributed by atoms with E-state index in [0.29, 0.717) is 30.0 Å². The third kappa shape index (κ3) is 7.12. The molecule has 1 aliphatic heterocycles. The standard InChI is InChI=1S/C29H43N5O3/c1-6-10-21(2)24-18-31-27-26(30-17-22-13-15-36-16-14-22)32-25(20-33(24)27)34(28(35)37-29(3,4)5)19-23-11-8-7-9-12-23/h6,10,18,20,22-23H,1,7-9,11-17,19H2,2-5H3,(H,30,32)/b21-10+. The summed E-state index contributed by atoms with van der Waals surface area (Å²) in [5, 5.41) is 3.56. The van der Waals surface area contributed by atoms with Crippen molar-refractivity contribution in [1.82, 2.24) is 14.4 Å². The van der Waals surface area contributed by atoms with Crippen LogP contribution in [-0.4, -0.2) is 52.4 Å². The first-order valence-electron chi connectivity index (χ1n) is 13.7. The van der Waals surface area contributed by atoms with Crippen molar-refractivity contribution in [2.45, 2.75) is 78.2 Å². The lowest BCUT2D eigenvalue weighted by Crippen LogP contribution is -2.41. The van der Waals surface area contributed by atoms with Gasteiger partial charge in [0, 0.05) is 26.3 Å². The molecule has 4 rings (SSSR count). The van der Waals surface area contributed by atoms with Crippen molar-refractivity contribution in [2.24, 2.45) is 11.8 Å². The SMILES string of the molecule is C=C/C=C(\C)c1cnc2c(NCC3CCOCC3)nc(N(CC3CCCCC3)C(=O)OC(C)(C)C)cn12. The van der Waals surface area contributed by atoms with Crippen LogP contribution >= 0.6 is 0 Å². The van der Waals surface area contributed by atoms with Crippen molar-refractivity contribution < 1.29 is 14.3 Å². The number of ether oxygens (including phenoxy) is 2. The largest absolute Gasteiger partial charge is 0.443 e. The van der Waals surface area contributed by atoms with Gasteiger partial charge in [-0.3, -0.25) is 9.30 Å². The van der Waals surface area contributed by atoms with Gasteiger partial charge in [0.15, 0.2) is 17.3 Å². The second kappa shape index (κ2) is 12.1. The molecule has 37 heavy (non-hydrogen) atoms. The van der Waals surface area contributed by atoms with E-state index in [0.717, 1.165) is 62.4 Å². The lowest BCUT2D eigenvalue weighted by atomic mass is 9.89. The van der Waals surface area contributed by atoms with Crippen LogP contribution in [0, 0.1) is 11.8 Å². The van der Waals surface area contributed by atoms with Crippen LogP contribution in [0.1, 0.15) is 78.3 Å². The van der Waals surface area contributed by atoms with Gasteiger partial charge >= 0.3 is 6.09 Å². The molecule has 3 heterocycles. The predicted molar refractivity (Wildman–Crippen MR) is 149 cm³/mol. The van der Waals surface area contributed by atoms with Gasteiger partial charge in [-0.1, -0.05) is 38.0 Å². The Hall–Kier alpha value is -2.87. The molecule has 0 bridgehead atoms. The Bertz CT molecular complexity index is 1100. The number of fused-ring (bicyclic) bond motifs is 1. The summed E-state index contributed by atoms with van der Waals surface area (Å²) in [6.45, 7) is 14.6. The molecular weight excluding hydrogens is 466 g/mol. The average molecular weight is 510 g/mol. The number of allylic oxidation sites excluding steroid dienone is 3. The van der Waals surface area contributed by atoms with Gasteiger partial charge in [-0.05, 0) is 70.8 Å². The summed E-state index contributed by atoms with van der Waals surface area (Å²) in [5.41, 5.74) is 2.12. The van der Waals surface area contributed by atoms with E-state index in [2.05, 4.69) is 11.9 Å². The Kier molecular flexibility index (Phi) is 8.90. The maximum Gasteiger partial charge on any atom is 0.416 e. The van der Waals surface area contributed by atoms with E-state index in [-0.39, 0.29) is 6.09 Å². The number of hydrogen-bond acceptors (Lipinski definition) is 6. The molecule has 0 atom stereocenters. The van der Waals surface area contributed by atoms with E-state index in [4.69, 9.17) is 19.4 Å². The summed E-state index contributed by atoms with van der Waals surface area (Å²) in [6, 6.07) is 0. The summed E-state index contributed by atoms with van der Waals surface area (Å²) < 4.78 is 13.4. The van der Waals surface area contributed by atoms with Gasteiger partial charge in [0.25, 0.3) is 0 Å². The van der Waals surface area contributed by atoms with Crippen molar-refractivity contribution in [3.05, 3.63) is 36.8 Å². The lowest BCUT2D eigenvalue weighted by Gasteiger charge is -2.31. The zero-order valence-electron chi connectivity index (χ0n) is 23.0. The minimum atomic E-state index is -0.598. The number of anilines is 2. The van der Waals surface area contributed by atoms with E-state index in [1.165, 1.54) is 19.3 Å². The molecule has 2 aromatic heterocycles. The fraction of sp³-hybridized carbons (Fsp3) is 0.621. The quantitative estimate of drug-likeness (QED) is 0.410. The highest BCUT2D eigenvalue weighted by atomic mass is 16.6. The Morgan fingerprint density at radius 2 is 1.95 bits per heavy atom. The van der Waals surface area contributed by atoms with Gasteiger partial charge in [-0.25, -0.2) is 14.8 Å². The summed E-state index contributed by atoms with van der Waals surface area (Å²) in [4.78, 5) is 24.9. The van der Waals surface area contributed by atoms with Crippen LogP contribution in [0.5, 0.6) is 0 Å². The van der Waals surface area contributed by atoms with E-state index in [9.17, 15) is 4.79 Å². The molecule has 8 heteroatoms. The summed E-state index contributed by atoms with van der Waals surface area (Å²) in [5.74, 6) is 2.20. The maximum atomic E-state index is 13.5. The highest BCUT2D eigenvalue weighted by molar-refractivity contribution is 5.87. The number of amides is 1. The molecule has 0 aromatic carbocycles. The Labute approximate surface area is 221 Å². The Morgan fingerprint density at radius 3 is 2.62 bits per heavy atom. The molecule has 202 valence electrons. The Balaban J connectivity index is 1.74. The first-order valence-corrected chi connectivity index (χ1v) is 13.7. The van der Waals surface area contributed by atoms with Crippen LogP contribution < -0.4 is 10.2 Å². The van der Waals surface area contributed by atoms with Gasteiger partial charge < -0.3 is 14.8 Å². The van der Waals surface area contributed by atoms with E-state index < -0.39 is 5.60 Å². The average Bonchev–Trinajstić information content (AvgIpc) is 3.30. The van der Waals surface area contributed by atoms with Crippen molar-refractivity contribution in [3.8, 4) is 0 Å². The van der Waals surface area contributed by atoms with E-state index >= 15 is 0 Å². The molecule has 0 radical (unpaired) electrons. The van der Waals surface area contributed by atoms with Crippen LogP contribution in [0.2, 0.25) is 0 Å². The first kappa shape index (κ1) is 27.2. The van der Waals surface area contributed by atoms with Gasteiger partial charge in [0.1, 0.15) is 5.60 Å². The fourth-order valence-corrected chi connectivity index (χ4v) is 5.18. The molecule has 2 aliphatic rings. The van der Waals surface area contributed by atoms with Gasteiger partial charge in [-0.15, -0.1) is 0 Å².